The second kappa shape index (κ2) is 5.49. The van der Waals surface area contributed by atoms with E-state index in [0.29, 0.717) is 12.6 Å². The molecule has 1 aliphatic heterocycles. The molecule has 1 aliphatic rings. The monoisotopic (exact) mass is 264 g/mol. The minimum absolute atomic E-state index is 0.0542. The summed E-state index contributed by atoms with van der Waals surface area (Å²) < 4.78 is 14.2. The summed E-state index contributed by atoms with van der Waals surface area (Å²) in [6, 6.07) is 6.08. The molecule has 0 bridgehead atoms. The molecule has 1 fully saturated rings. The summed E-state index contributed by atoms with van der Waals surface area (Å²) in [6.07, 6.45) is 2.32. The van der Waals surface area contributed by atoms with Crippen LogP contribution in [0.5, 0.6) is 0 Å². The maximum atomic E-state index is 14.2. The normalized spacial score (nSPS) is 20.1. The van der Waals surface area contributed by atoms with Crippen molar-refractivity contribution < 1.29 is 4.39 Å². The van der Waals surface area contributed by atoms with Gasteiger partial charge >= 0.3 is 0 Å². The first-order valence-electron chi connectivity index (χ1n) is 7.17. The molecule has 1 atom stereocenters. The van der Waals surface area contributed by atoms with Crippen molar-refractivity contribution in [2.75, 3.05) is 11.4 Å². The molecule has 0 aromatic heterocycles. The molecule has 19 heavy (non-hydrogen) atoms. The molecule has 0 spiro atoms. The van der Waals surface area contributed by atoms with Crippen molar-refractivity contribution in [1.29, 1.82) is 0 Å². The minimum atomic E-state index is -0.0954. The number of rotatable bonds is 3. The van der Waals surface area contributed by atoms with Crippen LogP contribution >= 0.6 is 0 Å². The van der Waals surface area contributed by atoms with Crippen LogP contribution < -0.4 is 10.2 Å². The van der Waals surface area contributed by atoms with Crippen LogP contribution in [-0.4, -0.2) is 18.1 Å². The first-order chi connectivity index (χ1) is 8.87. The van der Waals surface area contributed by atoms with Crippen LogP contribution in [0.4, 0.5) is 10.1 Å². The van der Waals surface area contributed by atoms with E-state index >= 15 is 0 Å². The lowest BCUT2D eigenvalue weighted by Crippen LogP contribution is -2.35. The van der Waals surface area contributed by atoms with E-state index in [1.54, 1.807) is 6.07 Å². The Bertz CT molecular complexity index is 437. The average molecular weight is 264 g/mol. The van der Waals surface area contributed by atoms with Gasteiger partial charge in [-0.3, -0.25) is 0 Å². The zero-order chi connectivity index (χ0) is 14.0. The quantitative estimate of drug-likeness (QED) is 0.895. The van der Waals surface area contributed by atoms with Gasteiger partial charge in [0.2, 0.25) is 0 Å². The Labute approximate surface area is 116 Å². The van der Waals surface area contributed by atoms with E-state index in [1.807, 2.05) is 12.1 Å². The lowest BCUT2D eigenvalue weighted by Gasteiger charge is -2.25. The molecular formula is C16H25FN2. The first-order valence-corrected chi connectivity index (χ1v) is 7.17. The third-order valence-electron chi connectivity index (χ3n) is 3.70. The SMILES string of the molecule is CC1CCCN1c1ccc(CNC(C)(C)C)cc1F. The second-order valence-electron chi connectivity index (χ2n) is 6.57. The highest BCUT2D eigenvalue weighted by Gasteiger charge is 2.23. The van der Waals surface area contributed by atoms with E-state index in [2.05, 4.69) is 37.9 Å². The Morgan fingerprint density at radius 2 is 2.11 bits per heavy atom. The number of nitrogens with zero attached hydrogens (tertiary/aromatic N) is 1. The third-order valence-corrected chi connectivity index (χ3v) is 3.70. The summed E-state index contributed by atoms with van der Waals surface area (Å²) in [7, 11) is 0. The summed E-state index contributed by atoms with van der Waals surface area (Å²) in [4.78, 5) is 2.18. The number of halogens is 1. The highest BCUT2D eigenvalue weighted by molar-refractivity contribution is 5.50. The largest absolute Gasteiger partial charge is 0.366 e. The molecule has 0 saturated carbocycles. The van der Waals surface area contributed by atoms with Gasteiger partial charge in [0.1, 0.15) is 5.82 Å². The summed E-state index contributed by atoms with van der Waals surface area (Å²) in [6.45, 7) is 10.2. The summed E-state index contributed by atoms with van der Waals surface area (Å²) in [5, 5.41) is 3.38. The fourth-order valence-electron chi connectivity index (χ4n) is 2.55. The Balaban J connectivity index is 2.09. The number of hydrogen-bond acceptors (Lipinski definition) is 2. The molecule has 2 nitrogen and oxygen atoms in total. The van der Waals surface area contributed by atoms with Gasteiger partial charge in [-0.2, -0.15) is 0 Å². The predicted molar refractivity (Wildman–Crippen MR) is 79.0 cm³/mol. The second-order valence-corrected chi connectivity index (χ2v) is 6.57. The molecule has 1 unspecified atom stereocenters. The first kappa shape index (κ1) is 14.3. The summed E-state index contributed by atoms with van der Waals surface area (Å²) in [5.74, 6) is -0.0954. The van der Waals surface area contributed by atoms with Gasteiger partial charge in [-0.15, -0.1) is 0 Å². The predicted octanol–water partition coefficient (Wildman–Crippen LogP) is 3.70. The molecule has 1 saturated heterocycles. The Hall–Kier alpha value is -1.09. The van der Waals surface area contributed by atoms with Crippen LogP contribution in [0, 0.1) is 5.82 Å². The van der Waals surface area contributed by atoms with Gasteiger partial charge < -0.3 is 10.2 Å². The molecule has 2 rings (SSSR count). The zero-order valence-corrected chi connectivity index (χ0v) is 12.5. The van der Waals surface area contributed by atoms with Gasteiger partial charge in [0.25, 0.3) is 0 Å². The Morgan fingerprint density at radius 3 is 2.63 bits per heavy atom. The van der Waals surface area contributed by atoms with Crippen molar-refractivity contribution in [3.05, 3.63) is 29.6 Å². The fourth-order valence-corrected chi connectivity index (χ4v) is 2.55. The van der Waals surface area contributed by atoms with E-state index in [1.165, 1.54) is 0 Å². The highest BCUT2D eigenvalue weighted by atomic mass is 19.1. The average Bonchev–Trinajstić information content (AvgIpc) is 2.72. The number of hydrogen-bond donors (Lipinski definition) is 1. The molecule has 0 amide bonds. The number of nitrogens with one attached hydrogen (secondary N) is 1. The molecule has 0 aliphatic carbocycles. The fraction of sp³-hybridized carbons (Fsp3) is 0.625. The molecule has 1 aromatic carbocycles. The lowest BCUT2D eigenvalue weighted by molar-refractivity contribution is 0.423. The Kier molecular flexibility index (Phi) is 4.14. The van der Waals surface area contributed by atoms with Gasteiger partial charge in [0.15, 0.2) is 0 Å². The van der Waals surface area contributed by atoms with E-state index in [9.17, 15) is 4.39 Å². The van der Waals surface area contributed by atoms with Crippen molar-refractivity contribution in [3.8, 4) is 0 Å². The van der Waals surface area contributed by atoms with Crippen LogP contribution in [0.25, 0.3) is 0 Å². The van der Waals surface area contributed by atoms with Gasteiger partial charge in [0.05, 0.1) is 5.69 Å². The van der Waals surface area contributed by atoms with Crippen LogP contribution in [0.2, 0.25) is 0 Å². The van der Waals surface area contributed by atoms with Crippen molar-refractivity contribution in [3.63, 3.8) is 0 Å². The van der Waals surface area contributed by atoms with Crippen LogP contribution in [0.3, 0.4) is 0 Å². The molecule has 1 aromatic rings. The van der Waals surface area contributed by atoms with E-state index in [-0.39, 0.29) is 11.4 Å². The van der Waals surface area contributed by atoms with Crippen molar-refractivity contribution in [2.24, 2.45) is 0 Å². The van der Waals surface area contributed by atoms with E-state index in [4.69, 9.17) is 0 Å². The Morgan fingerprint density at radius 1 is 1.37 bits per heavy atom. The maximum absolute atomic E-state index is 14.2. The van der Waals surface area contributed by atoms with Gasteiger partial charge in [-0.05, 0) is 58.2 Å². The molecule has 1 heterocycles. The smallest absolute Gasteiger partial charge is 0.146 e. The van der Waals surface area contributed by atoms with Crippen LogP contribution in [-0.2, 0) is 6.54 Å². The lowest BCUT2D eigenvalue weighted by atomic mass is 10.1. The summed E-state index contributed by atoms with van der Waals surface area (Å²) >= 11 is 0. The third kappa shape index (κ3) is 3.69. The van der Waals surface area contributed by atoms with Crippen molar-refractivity contribution in [2.45, 2.75) is 58.7 Å². The van der Waals surface area contributed by atoms with E-state index < -0.39 is 0 Å². The molecule has 106 valence electrons. The molecule has 1 N–H and O–H groups in total. The number of benzene rings is 1. The number of anilines is 1. The minimum Gasteiger partial charge on any atom is -0.366 e. The van der Waals surface area contributed by atoms with Crippen molar-refractivity contribution >= 4 is 5.69 Å². The topological polar surface area (TPSA) is 15.3 Å². The van der Waals surface area contributed by atoms with Crippen LogP contribution in [0.15, 0.2) is 18.2 Å². The molecule has 3 heteroatoms. The van der Waals surface area contributed by atoms with Crippen molar-refractivity contribution in [1.82, 2.24) is 5.32 Å². The standard InChI is InChI=1S/C16H25FN2/c1-12-6-5-9-19(12)15-8-7-13(10-14(15)17)11-18-16(2,3)4/h7-8,10,12,18H,5-6,9,11H2,1-4H3. The van der Waals surface area contributed by atoms with Gasteiger partial charge in [-0.1, -0.05) is 6.07 Å². The molecular weight excluding hydrogens is 239 g/mol. The zero-order valence-electron chi connectivity index (χ0n) is 12.5. The van der Waals surface area contributed by atoms with Gasteiger partial charge in [0, 0.05) is 24.7 Å². The van der Waals surface area contributed by atoms with Gasteiger partial charge in [-0.25, -0.2) is 4.39 Å². The van der Waals surface area contributed by atoms with E-state index in [0.717, 1.165) is 30.6 Å². The maximum Gasteiger partial charge on any atom is 0.146 e. The highest BCUT2D eigenvalue weighted by Crippen LogP contribution is 2.28. The van der Waals surface area contributed by atoms with Crippen LogP contribution in [0.1, 0.15) is 46.1 Å². The molecule has 0 radical (unpaired) electrons. The summed E-state index contributed by atoms with van der Waals surface area (Å²) in [5.41, 5.74) is 1.81.